The summed E-state index contributed by atoms with van der Waals surface area (Å²) in [6, 6.07) is 12.2. The van der Waals surface area contributed by atoms with E-state index in [1.54, 1.807) is 29.4 Å². The van der Waals surface area contributed by atoms with Crippen LogP contribution in [0.15, 0.2) is 57.6 Å². The number of rotatable bonds is 7. The molecule has 0 amide bonds. The van der Waals surface area contributed by atoms with E-state index in [2.05, 4.69) is 59.1 Å². The third-order valence-electron chi connectivity index (χ3n) is 4.30. The summed E-state index contributed by atoms with van der Waals surface area (Å²) in [6.45, 7) is 7.02. The van der Waals surface area contributed by atoms with Gasteiger partial charge in [0.05, 0.1) is 23.5 Å². The van der Waals surface area contributed by atoms with E-state index in [1.165, 1.54) is 10.6 Å². The zero-order valence-electron chi connectivity index (χ0n) is 16.1. The van der Waals surface area contributed by atoms with Gasteiger partial charge in [-0.05, 0) is 25.1 Å². The normalized spacial score (nSPS) is 11.4. The Hall–Kier alpha value is -2.38. The first-order valence-corrected chi connectivity index (χ1v) is 11.1. The minimum absolute atomic E-state index is 0.458. The van der Waals surface area contributed by atoms with Crippen LogP contribution in [0.3, 0.4) is 0 Å². The third-order valence-corrected chi connectivity index (χ3v) is 6.49. The van der Waals surface area contributed by atoms with Crippen LogP contribution in [0.2, 0.25) is 0 Å². The van der Waals surface area contributed by atoms with Crippen LogP contribution in [-0.2, 0) is 12.3 Å². The van der Waals surface area contributed by atoms with Crippen LogP contribution >= 0.6 is 23.1 Å². The van der Waals surface area contributed by atoms with E-state index in [9.17, 15) is 0 Å². The summed E-state index contributed by atoms with van der Waals surface area (Å²) in [5.74, 6) is 2.96. The van der Waals surface area contributed by atoms with Crippen LogP contribution < -0.4 is 0 Å². The third kappa shape index (κ3) is 4.20. The number of thiazole rings is 1. The fourth-order valence-electron chi connectivity index (χ4n) is 2.89. The topological polar surface area (TPSA) is 56.7 Å². The van der Waals surface area contributed by atoms with Crippen LogP contribution in [0.25, 0.3) is 11.4 Å². The van der Waals surface area contributed by atoms with E-state index in [1.807, 2.05) is 18.2 Å². The van der Waals surface area contributed by atoms with Crippen molar-refractivity contribution in [2.75, 3.05) is 0 Å². The Labute approximate surface area is 172 Å². The predicted molar refractivity (Wildman–Crippen MR) is 114 cm³/mol. The zero-order valence-corrected chi connectivity index (χ0v) is 17.8. The second-order valence-corrected chi connectivity index (χ2v) is 8.79. The smallest absolute Gasteiger partial charge is 0.192 e. The first kappa shape index (κ1) is 19.0. The highest BCUT2D eigenvalue weighted by molar-refractivity contribution is 7.98. The Balaban J connectivity index is 1.62. The molecular formula is C21H22N4OS2. The standard InChI is InChI=1S/C21H22N4OS2/c1-14(2)20-22-17(12-27-20)13-28-21-24-23-19(16-7-4-6-15(3)10-16)25(21)11-18-8-5-9-26-18/h4-10,12,14H,11,13H2,1-3H3. The minimum Gasteiger partial charge on any atom is -0.467 e. The molecule has 144 valence electrons. The van der Waals surface area contributed by atoms with E-state index < -0.39 is 0 Å². The molecule has 0 N–H and O–H groups in total. The van der Waals surface area contributed by atoms with Gasteiger partial charge in [0.15, 0.2) is 11.0 Å². The molecular weight excluding hydrogens is 388 g/mol. The van der Waals surface area contributed by atoms with Crippen LogP contribution in [0.1, 0.15) is 41.8 Å². The maximum absolute atomic E-state index is 5.57. The summed E-state index contributed by atoms with van der Waals surface area (Å²) in [4.78, 5) is 4.73. The minimum atomic E-state index is 0.458. The maximum Gasteiger partial charge on any atom is 0.192 e. The molecule has 28 heavy (non-hydrogen) atoms. The number of furan rings is 1. The highest BCUT2D eigenvalue weighted by atomic mass is 32.2. The molecule has 3 heterocycles. The maximum atomic E-state index is 5.57. The predicted octanol–water partition coefficient (Wildman–Crippen LogP) is 5.77. The van der Waals surface area contributed by atoms with Gasteiger partial charge in [0.25, 0.3) is 0 Å². The summed E-state index contributed by atoms with van der Waals surface area (Å²) < 4.78 is 7.69. The Morgan fingerprint density at radius 3 is 2.79 bits per heavy atom. The van der Waals surface area contributed by atoms with Crippen molar-refractivity contribution in [1.29, 1.82) is 0 Å². The molecule has 0 bridgehead atoms. The van der Waals surface area contributed by atoms with E-state index in [0.717, 1.165) is 33.8 Å². The molecule has 0 unspecified atom stereocenters. The number of thioether (sulfide) groups is 1. The highest BCUT2D eigenvalue weighted by Gasteiger charge is 2.17. The first-order valence-electron chi connectivity index (χ1n) is 9.20. The van der Waals surface area contributed by atoms with Crippen molar-refractivity contribution in [2.24, 2.45) is 0 Å². The van der Waals surface area contributed by atoms with Gasteiger partial charge in [-0.25, -0.2) is 4.98 Å². The number of hydrogen-bond donors (Lipinski definition) is 0. The molecule has 4 aromatic rings. The van der Waals surface area contributed by atoms with Gasteiger partial charge in [0.1, 0.15) is 5.76 Å². The summed E-state index contributed by atoms with van der Waals surface area (Å²) in [5, 5.41) is 13.1. The zero-order chi connectivity index (χ0) is 19.5. The lowest BCUT2D eigenvalue weighted by Gasteiger charge is -2.09. The number of benzene rings is 1. The molecule has 0 fully saturated rings. The Morgan fingerprint density at radius 1 is 1.18 bits per heavy atom. The average Bonchev–Trinajstić information content (AvgIpc) is 3.42. The largest absolute Gasteiger partial charge is 0.467 e. The van der Waals surface area contributed by atoms with Gasteiger partial charge < -0.3 is 4.42 Å². The highest BCUT2D eigenvalue weighted by Crippen LogP contribution is 2.29. The monoisotopic (exact) mass is 410 g/mol. The van der Waals surface area contributed by atoms with Crippen molar-refractivity contribution in [3.8, 4) is 11.4 Å². The molecule has 4 rings (SSSR count). The number of nitrogens with zero attached hydrogens (tertiary/aromatic N) is 4. The molecule has 0 aliphatic carbocycles. The van der Waals surface area contributed by atoms with Crippen molar-refractivity contribution in [3.63, 3.8) is 0 Å². The van der Waals surface area contributed by atoms with Crippen LogP contribution in [-0.4, -0.2) is 19.7 Å². The van der Waals surface area contributed by atoms with Gasteiger partial charge in [0.2, 0.25) is 0 Å². The molecule has 0 spiro atoms. The second kappa shape index (κ2) is 8.32. The fourth-order valence-corrected chi connectivity index (χ4v) is 4.66. The van der Waals surface area contributed by atoms with Gasteiger partial charge in [-0.1, -0.05) is 49.4 Å². The van der Waals surface area contributed by atoms with Crippen molar-refractivity contribution in [1.82, 2.24) is 19.7 Å². The van der Waals surface area contributed by atoms with Crippen molar-refractivity contribution in [2.45, 2.75) is 44.1 Å². The molecule has 1 aromatic carbocycles. The molecule has 0 saturated heterocycles. The lowest BCUT2D eigenvalue weighted by Crippen LogP contribution is -2.03. The summed E-state index contributed by atoms with van der Waals surface area (Å²) in [7, 11) is 0. The van der Waals surface area contributed by atoms with Crippen molar-refractivity contribution < 1.29 is 4.42 Å². The van der Waals surface area contributed by atoms with Gasteiger partial charge in [0, 0.05) is 22.6 Å². The summed E-state index contributed by atoms with van der Waals surface area (Å²) in [5.41, 5.74) is 3.34. The molecule has 5 nitrogen and oxygen atoms in total. The van der Waals surface area contributed by atoms with Gasteiger partial charge in [-0.2, -0.15) is 0 Å². The van der Waals surface area contributed by atoms with Crippen molar-refractivity contribution in [3.05, 3.63) is 70.1 Å². The molecule has 0 saturated carbocycles. The number of hydrogen-bond acceptors (Lipinski definition) is 6. The Morgan fingerprint density at radius 2 is 2.07 bits per heavy atom. The molecule has 0 radical (unpaired) electrons. The van der Waals surface area contributed by atoms with E-state index >= 15 is 0 Å². The first-order chi connectivity index (χ1) is 13.6. The van der Waals surface area contributed by atoms with Gasteiger partial charge >= 0.3 is 0 Å². The van der Waals surface area contributed by atoms with E-state index in [0.29, 0.717) is 12.5 Å². The summed E-state index contributed by atoms with van der Waals surface area (Å²) >= 11 is 3.38. The lowest BCUT2D eigenvalue weighted by molar-refractivity contribution is 0.485. The molecule has 7 heteroatoms. The molecule has 0 aliphatic heterocycles. The van der Waals surface area contributed by atoms with Crippen LogP contribution in [0, 0.1) is 6.92 Å². The van der Waals surface area contributed by atoms with E-state index in [4.69, 9.17) is 9.40 Å². The fraction of sp³-hybridized carbons (Fsp3) is 0.286. The van der Waals surface area contributed by atoms with Crippen molar-refractivity contribution >= 4 is 23.1 Å². The van der Waals surface area contributed by atoms with Crippen LogP contribution in [0.5, 0.6) is 0 Å². The Bertz CT molecular complexity index is 1050. The molecule has 0 aliphatic rings. The quantitative estimate of drug-likeness (QED) is 0.362. The Kier molecular flexibility index (Phi) is 5.64. The molecule has 0 atom stereocenters. The lowest BCUT2D eigenvalue weighted by atomic mass is 10.1. The SMILES string of the molecule is Cc1cccc(-c2nnc(SCc3csc(C(C)C)n3)n2Cc2ccco2)c1. The van der Waals surface area contributed by atoms with E-state index in [-0.39, 0.29) is 0 Å². The molecule has 3 aromatic heterocycles. The van der Waals surface area contributed by atoms with Gasteiger partial charge in [-0.3, -0.25) is 4.57 Å². The number of aryl methyl sites for hydroxylation is 1. The number of aromatic nitrogens is 4. The van der Waals surface area contributed by atoms with Gasteiger partial charge in [-0.15, -0.1) is 21.5 Å². The summed E-state index contributed by atoms with van der Waals surface area (Å²) in [6.07, 6.45) is 1.70. The average molecular weight is 411 g/mol. The second-order valence-electron chi connectivity index (χ2n) is 6.96. The van der Waals surface area contributed by atoms with Crippen LogP contribution in [0.4, 0.5) is 0 Å².